The molecule has 0 fully saturated rings. The third-order valence-electron chi connectivity index (χ3n) is 4.17. The van der Waals surface area contributed by atoms with Crippen LogP contribution < -0.4 is 19.0 Å². The lowest BCUT2D eigenvalue weighted by atomic mass is 10.1. The number of anilines is 2. The molecule has 0 aliphatic heterocycles. The largest absolute Gasteiger partial charge is 0.380 e. The monoisotopic (exact) mass is 456 g/mol. The number of amides is 2. The molecule has 0 saturated heterocycles. The molecule has 2 amide bonds. The summed E-state index contributed by atoms with van der Waals surface area (Å²) < 4.78 is 56.1. The number of urea groups is 1. The number of nitrogens with one attached hydrogen (secondary N) is 2. The maximum atomic E-state index is 12.6. The van der Waals surface area contributed by atoms with E-state index in [9.17, 15) is 21.6 Å². The molecule has 2 N–H and O–H groups in total. The van der Waals surface area contributed by atoms with Crippen molar-refractivity contribution in [3.63, 3.8) is 0 Å². The van der Waals surface area contributed by atoms with Crippen molar-refractivity contribution in [2.24, 2.45) is 0 Å². The van der Waals surface area contributed by atoms with E-state index in [1.165, 1.54) is 12.1 Å². The smallest absolute Gasteiger partial charge is 0.323 e. The Morgan fingerprint density at radius 1 is 0.667 bits per heavy atom. The van der Waals surface area contributed by atoms with Gasteiger partial charge in [-0.2, -0.15) is 16.8 Å². The lowest BCUT2D eigenvalue weighted by molar-refractivity contribution is 0.262. The van der Waals surface area contributed by atoms with Crippen LogP contribution in [0.1, 0.15) is 22.3 Å². The van der Waals surface area contributed by atoms with Crippen molar-refractivity contribution in [2.45, 2.75) is 27.7 Å². The minimum Gasteiger partial charge on any atom is -0.380 e. The Morgan fingerprint density at radius 2 is 0.967 bits per heavy atom. The van der Waals surface area contributed by atoms with Gasteiger partial charge in [0.15, 0.2) is 11.5 Å². The minimum absolute atomic E-state index is 0.0385. The Morgan fingerprint density at radius 3 is 1.27 bits per heavy atom. The molecule has 30 heavy (non-hydrogen) atoms. The van der Waals surface area contributed by atoms with Gasteiger partial charge in [0.1, 0.15) is 0 Å². The van der Waals surface area contributed by atoms with E-state index in [0.717, 1.165) is 34.8 Å². The van der Waals surface area contributed by atoms with Crippen molar-refractivity contribution < 1.29 is 30.0 Å². The van der Waals surface area contributed by atoms with Crippen LogP contribution in [0.4, 0.5) is 16.2 Å². The van der Waals surface area contributed by atoms with Crippen molar-refractivity contribution in [1.29, 1.82) is 0 Å². The zero-order chi connectivity index (χ0) is 22.9. The number of rotatable bonds is 6. The van der Waals surface area contributed by atoms with Crippen LogP contribution in [0.2, 0.25) is 0 Å². The summed E-state index contributed by atoms with van der Waals surface area (Å²) >= 11 is 0. The normalized spacial score (nSPS) is 11.7. The number of benzene rings is 2. The Hall–Kier alpha value is -2.79. The molecule has 0 spiro atoms. The lowest BCUT2D eigenvalue weighted by Crippen LogP contribution is -2.21. The van der Waals surface area contributed by atoms with Gasteiger partial charge < -0.3 is 19.0 Å². The van der Waals surface area contributed by atoms with Crippen LogP contribution in [-0.4, -0.2) is 35.4 Å². The second kappa shape index (κ2) is 8.52. The van der Waals surface area contributed by atoms with Gasteiger partial charge in [-0.15, -0.1) is 0 Å². The topological polar surface area (TPSA) is 128 Å². The van der Waals surface area contributed by atoms with E-state index in [0.29, 0.717) is 0 Å². The highest BCUT2D eigenvalue weighted by Crippen LogP contribution is 2.32. The van der Waals surface area contributed by atoms with Gasteiger partial charge in [-0.1, -0.05) is 0 Å². The molecule has 2 rings (SSSR count). The SMILES string of the molecule is Cc1cc(NC(=O)Nc2cc(C)c(C)cc2OS(C)(=O)=O)c(OS(C)(=O)=O)cc1C. The molecule has 2 aromatic rings. The maximum absolute atomic E-state index is 12.6. The highest BCUT2D eigenvalue weighted by molar-refractivity contribution is 7.86. The molecule has 0 saturated carbocycles. The Balaban J connectivity index is 2.37. The third kappa shape index (κ3) is 6.63. The van der Waals surface area contributed by atoms with E-state index in [-0.39, 0.29) is 22.9 Å². The van der Waals surface area contributed by atoms with Gasteiger partial charge in [-0.25, -0.2) is 4.79 Å². The van der Waals surface area contributed by atoms with E-state index in [1.807, 2.05) is 0 Å². The van der Waals surface area contributed by atoms with Crippen LogP contribution in [0, 0.1) is 27.7 Å². The van der Waals surface area contributed by atoms with Gasteiger partial charge in [-0.3, -0.25) is 0 Å². The van der Waals surface area contributed by atoms with E-state index < -0.39 is 26.3 Å². The van der Waals surface area contributed by atoms with Crippen molar-refractivity contribution in [1.82, 2.24) is 0 Å². The van der Waals surface area contributed by atoms with Crippen LogP contribution in [0.3, 0.4) is 0 Å². The molecular weight excluding hydrogens is 432 g/mol. The molecule has 0 heterocycles. The van der Waals surface area contributed by atoms with E-state index in [1.54, 1.807) is 39.8 Å². The lowest BCUT2D eigenvalue weighted by Gasteiger charge is -2.16. The third-order valence-corrected chi connectivity index (χ3v) is 5.14. The summed E-state index contributed by atoms with van der Waals surface area (Å²) in [7, 11) is -7.64. The minimum atomic E-state index is -3.82. The summed E-state index contributed by atoms with van der Waals surface area (Å²) in [6, 6.07) is 5.41. The van der Waals surface area contributed by atoms with E-state index in [4.69, 9.17) is 8.37 Å². The van der Waals surface area contributed by atoms with Crippen LogP contribution in [0.25, 0.3) is 0 Å². The molecule has 0 aromatic heterocycles. The van der Waals surface area contributed by atoms with Crippen molar-refractivity contribution in [2.75, 3.05) is 23.1 Å². The number of carbonyl (C=O) groups excluding carboxylic acids is 1. The molecule has 9 nitrogen and oxygen atoms in total. The van der Waals surface area contributed by atoms with Gasteiger partial charge >= 0.3 is 26.3 Å². The van der Waals surface area contributed by atoms with Crippen LogP contribution in [0.15, 0.2) is 24.3 Å². The fourth-order valence-corrected chi connectivity index (χ4v) is 3.44. The van der Waals surface area contributed by atoms with Crippen molar-refractivity contribution >= 4 is 37.6 Å². The highest BCUT2D eigenvalue weighted by atomic mass is 32.2. The van der Waals surface area contributed by atoms with Gasteiger partial charge in [0.05, 0.1) is 23.9 Å². The molecule has 2 aromatic carbocycles. The van der Waals surface area contributed by atoms with Gasteiger partial charge in [-0.05, 0) is 74.2 Å². The van der Waals surface area contributed by atoms with Crippen LogP contribution in [0.5, 0.6) is 11.5 Å². The van der Waals surface area contributed by atoms with Gasteiger partial charge in [0.2, 0.25) is 0 Å². The van der Waals surface area contributed by atoms with E-state index in [2.05, 4.69) is 10.6 Å². The molecule has 164 valence electrons. The average molecular weight is 457 g/mol. The molecule has 0 aliphatic rings. The quantitative estimate of drug-likeness (QED) is 0.639. The first-order valence-corrected chi connectivity index (χ1v) is 12.4. The number of hydrogen-bond donors (Lipinski definition) is 2. The zero-order valence-electron chi connectivity index (χ0n) is 17.5. The summed E-state index contributed by atoms with van der Waals surface area (Å²) in [5, 5.41) is 5.06. The van der Waals surface area contributed by atoms with Gasteiger partial charge in [0.25, 0.3) is 0 Å². The standard InChI is InChI=1S/C19H24N2O7S2/c1-11-7-15(17(9-13(11)3)27-29(5,23)24)20-19(22)21-16-8-12(2)14(4)10-18(16)28-30(6,25)26/h7-10H,1-6H3,(H2,20,21,22). The summed E-state index contributed by atoms with van der Waals surface area (Å²) in [6.45, 7) is 7.14. The maximum Gasteiger partial charge on any atom is 0.323 e. The predicted molar refractivity (Wildman–Crippen MR) is 115 cm³/mol. The fraction of sp³-hybridized carbons (Fsp3) is 0.316. The van der Waals surface area contributed by atoms with Crippen LogP contribution in [-0.2, 0) is 20.2 Å². The molecule has 0 bridgehead atoms. The summed E-state index contributed by atoms with van der Waals surface area (Å²) in [6.07, 6.45) is 1.80. The fourth-order valence-electron chi connectivity index (χ4n) is 2.51. The number of hydrogen-bond acceptors (Lipinski definition) is 7. The molecule has 0 atom stereocenters. The van der Waals surface area contributed by atoms with Crippen molar-refractivity contribution in [3.05, 3.63) is 46.5 Å². The van der Waals surface area contributed by atoms with Crippen molar-refractivity contribution in [3.8, 4) is 11.5 Å². The molecule has 11 heteroatoms. The molecule has 0 radical (unpaired) electrons. The second-order valence-electron chi connectivity index (χ2n) is 7.02. The Bertz CT molecular complexity index is 1110. The van der Waals surface area contributed by atoms with Crippen LogP contribution >= 0.6 is 0 Å². The average Bonchev–Trinajstić information content (AvgIpc) is 2.54. The second-order valence-corrected chi connectivity index (χ2v) is 10.2. The molecule has 0 unspecified atom stereocenters. The predicted octanol–water partition coefficient (Wildman–Crippen LogP) is 3.24. The molecule has 0 aliphatic carbocycles. The number of aryl methyl sites for hydroxylation is 4. The zero-order valence-corrected chi connectivity index (χ0v) is 19.1. The number of carbonyl (C=O) groups is 1. The summed E-state index contributed by atoms with van der Waals surface area (Å²) in [5.41, 5.74) is 3.43. The molecular formula is C19H24N2O7S2. The first-order chi connectivity index (χ1) is 13.6. The Kier molecular flexibility index (Phi) is 6.67. The summed E-state index contributed by atoms with van der Waals surface area (Å²) in [4.78, 5) is 12.6. The summed E-state index contributed by atoms with van der Waals surface area (Å²) in [5.74, 6) is -0.0770. The first kappa shape index (κ1) is 23.5. The highest BCUT2D eigenvalue weighted by Gasteiger charge is 2.17. The van der Waals surface area contributed by atoms with E-state index >= 15 is 0 Å². The Labute approximate surface area is 176 Å². The first-order valence-electron chi connectivity index (χ1n) is 8.74. The van der Waals surface area contributed by atoms with Gasteiger partial charge in [0, 0.05) is 0 Å².